The van der Waals surface area contributed by atoms with Gasteiger partial charge >= 0.3 is 0 Å². The lowest BCUT2D eigenvalue weighted by Crippen LogP contribution is -2.48. The highest BCUT2D eigenvalue weighted by Gasteiger charge is 2.16. The van der Waals surface area contributed by atoms with Crippen LogP contribution in [-0.4, -0.2) is 81.8 Å². The van der Waals surface area contributed by atoms with E-state index in [1.807, 2.05) is 0 Å². The number of nitrogens with zero attached hydrogens (tertiary/aromatic N) is 2. The Balaban J connectivity index is 1.52. The summed E-state index contributed by atoms with van der Waals surface area (Å²) in [6, 6.07) is 10.6. The van der Waals surface area contributed by atoms with Gasteiger partial charge in [-0.25, -0.2) is 0 Å². The second kappa shape index (κ2) is 11.1. The average Bonchev–Trinajstić information content (AvgIpc) is 2.61. The Kier molecular flexibility index (Phi) is 8.76. The fourth-order valence-electron chi connectivity index (χ4n) is 2.80. The number of hydrogen-bond acceptors (Lipinski definition) is 5. The van der Waals surface area contributed by atoms with Crippen LogP contribution in [0.1, 0.15) is 5.56 Å². The summed E-state index contributed by atoms with van der Waals surface area (Å²) in [5.74, 6) is 0.0498. The number of rotatable bonds is 10. The van der Waals surface area contributed by atoms with Crippen LogP contribution in [0.3, 0.4) is 0 Å². The van der Waals surface area contributed by atoms with Gasteiger partial charge in [0.25, 0.3) is 0 Å². The first-order chi connectivity index (χ1) is 11.8. The molecule has 0 bridgehead atoms. The molecule has 0 unspecified atom stereocenters. The lowest BCUT2D eigenvalue weighted by atomic mass is 10.2. The summed E-state index contributed by atoms with van der Waals surface area (Å²) < 4.78 is 4.93. The van der Waals surface area contributed by atoms with Crippen molar-refractivity contribution >= 4 is 5.91 Å². The minimum absolute atomic E-state index is 0.0498. The van der Waals surface area contributed by atoms with E-state index in [9.17, 15) is 4.79 Å². The van der Waals surface area contributed by atoms with Crippen LogP contribution in [-0.2, 0) is 16.1 Å². The lowest BCUT2D eigenvalue weighted by molar-refractivity contribution is -0.120. The zero-order valence-electron chi connectivity index (χ0n) is 14.7. The third-order valence-electron chi connectivity index (χ3n) is 4.23. The molecule has 2 rings (SSSR count). The van der Waals surface area contributed by atoms with Crippen LogP contribution in [0, 0.1) is 0 Å². The molecule has 24 heavy (non-hydrogen) atoms. The molecule has 6 heteroatoms. The van der Waals surface area contributed by atoms with Crippen LogP contribution in [0.2, 0.25) is 0 Å². The highest BCUT2D eigenvalue weighted by atomic mass is 16.5. The number of ether oxygens (including phenoxy) is 1. The van der Waals surface area contributed by atoms with Gasteiger partial charge in [0.1, 0.15) is 0 Å². The summed E-state index contributed by atoms with van der Waals surface area (Å²) >= 11 is 0. The molecule has 0 aromatic heterocycles. The summed E-state index contributed by atoms with van der Waals surface area (Å²) in [6.07, 6.45) is 0. The van der Waals surface area contributed by atoms with Crippen molar-refractivity contribution < 1.29 is 9.53 Å². The van der Waals surface area contributed by atoms with E-state index in [1.165, 1.54) is 5.56 Å². The number of piperazine rings is 1. The zero-order chi connectivity index (χ0) is 17.0. The van der Waals surface area contributed by atoms with Crippen LogP contribution < -0.4 is 10.6 Å². The maximum atomic E-state index is 11.7. The molecule has 134 valence electrons. The second-order valence-corrected chi connectivity index (χ2v) is 6.12. The molecule has 1 aliphatic heterocycles. The monoisotopic (exact) mass is 334 g/mol. The molecular weight excluding hydrogens is 304 g/mol. The Morgan fingerprint density at radius 3 is 2.50 bits per heavy atom. The number of carbonyl (C=O) groups is 1. The molecule has 1 aromatic carbocycles. The fraction of sp³-hybridized carbons (Fsp3) is 0.611. The number of benzene rings is 1. The van der Waals surface area contributed by atoms with Gasteiger partial charge in [0, 0.05) is 59.5 Å². The van der Waals surface area contributed by atoms with Crippen LogP contribution in [0.4, 0.5) is 0 Å². The Hall–Kier alpha value is -1.47. The van der Waals surface area contributed by atoms with E-state index in [4.69, 9.17) is 4.74 Å². The van der Waals surface area contributed by atoms with Crippen molar-refractivity contribution in [2.24, 2.45) is 0 Å². The molecule has 1 heterocycles. The summed E-state index contributed by atoms with van der Waals surface area (Å²) in [7, 11) is 1.65. The molecule has 1 aromatic rings. The molecule has 1 aliphatic rings. The van der Waals surface area contributed by atoms with Gasteiger partial charge in [0.05, 0.1) is 13.2 Å². The van der Waals surface area contributed by atoms with Crippen LogP contribution >= 0.6 is 0 Å². The third-order valence-corrected chi connectivity index (χ3v) is 4.23. The number of nitrogens with one attached hydrogen (secondary N) is 2. The summed E-state index contributed by atoms with van der Waals surface area (Å²) in [4.78, 5) is 16.6. The van der Waals surface area contributed by atoms with Gasteiger partial charge in [0.15, 0.2) is 0 Å². The van der Waals surface area contributed by atoms with Gasteiger partial charge in [-0.15, -0.1) is 0 Å². The molecular formula is C18H30N4O2. The molecule has 1 saturated heterocycles. The third kappa shape index (κ3) is 7.40. The Bertz CT molecular complexity index is 461. The molecule has 1 fully saturated rings. The summed E-state index contributed by atoms with van der Waals surface area (Å²) in [6.45, 7) is 8.64. The van der Waals surface area contributed by atoms with Crippen LogP contribution in [0.15, 0.2) is 30.3 Å². The predicted octanol–water partition coefficient (Wildman–Crippen LogP) is 0.156. The maximum absolute atomic E-state index is 11.7. The first kappa shape index (κ1) is 18.9. The number of carbonyl (C=O) groups excluding carboxylic acids is 1. The largest absolute Gasteiger partial charge is 0.383 e. The molecule has 0 saturated carbocycles. The van der Waals surface area contributed by atoms with Crippen LogP contribution in [0.5, 0.6) is 0 Å². The quantitative estimate of drug-likeness (QED) is 0.597. The van der Waals surface area contributed by atoms with Gasteiger partial charge in [-0.1, -0.05) is 30.3 Å². The van der Waals surface area contributed by atoms with Crippen molar-refractivity contribution in [3.63, 3.8) is 0 Å². The fourth-order valence-corrected chi connectivity index (χ4v) is 2.80. The van der Waals surface area contributed by atoms with Crippen molar-refractivity contribution in [3.05, 3.63) is 35.9 Å². The van der Waals surface area contributed by atoms with Crippen molar-refractivity contribution in [3.8, 4) is 0 Å². The van der Waals surface area contributed by atoms with Gasteiger partial charge < -0.3 is 15.4 Å². The van der Waals surface area contributed by atoms with Gasteiger partial charge in [-0.3, -0.25) is 14.6 Å². The second-order valence-electron chi connectivity index (χ2n) is 6.12. The number of hydrogen-bond donors (Lipinski definition) is 2. The Labute approximate surface area is 145 Å². The molecule has 2 N–H and O–H groups in total. The SMILES string of the molecule is COCCNCC(=O)NCCN1CCN(Cc2ccccc2)CC1. The van der Waals surface area contributed by atoms with Crippen molar-refractivity contribution in [1.82, 2.24) is 20.4 Å². The first-order valence-corrected chi connectivity index (χ1v) is 8.73. The molecule has 0 atom stereocenters. The van der Waals surface area contributed by atoms with E-state index < -0.39 is 0 Å². The highest BCUT2D eigenvalue weighted by Crippen LogP contribution is 2.07. The van der Waals surface area contributed by atoms with E-state index in [2.05, 4.69) is 50.8 Å². The molecule has 6 nitrogen and oxygen atoms in total. The molecule has 1 amide bonds. The topological polar surface area (TPSA) is 56.8 Å². The molecule has 0 spiro atoms. The predicted molar refractivity (Wildman–Crippen MR) is 95.9 cm³/mol. The minimum Gasteiger partial charge on any atom is -0.383 e. The van der Waals surface area contributed by atoms with Crippen molar-refractivity contribution in [2.45, 2.75) is 6.54 Å². The van der Waals surface area contributed by atoms with Crippen molar-refractivity contribution in [2.75, 3.05) is 66.1 Å². The smallest absolute Gasteiger partial charge is 0.234 e. The zero-order valence-corrected chi connectivity index (χ0v) is 14.7. The van der Waals surface area contributed by atoms with Crippen molar-refractivity contribution in [1.29, 1.82) is 0 Å². The van der Waals surface area contributed by atoms with E-state index >= 15 is 0 Å². The van der Waals surface area contributed by atoms with E-state index in [0.717, 1.165) is 39.3 Å². The summed E-state index contributed by atoms with van der Waals surface area (Å²) in [5, 5.41) is 6.01. The van der Waals surface area contributed by atoms with Crippen LogP contribution in [0.25, 0.3) is 0 Å². The number of amides is 1. The van der Waals surface area contributed by atoms with Gasteiger partial charge in [-0.2, -0.15) is 0 Å². The maximum Gasteiger partial charge on any atom is 0.234 e. The molecule has 0 aliphatic carbocycles. The van der Waals surface area contributed by atoms with Gasteiger partial charge in [0.2, 0.25) is 5.91 Å². The van der Waals surface area contributed by atoms with E-state index in [-0.39, 0.29) is 5.91 Å². The normalized spacial score (nSPS) is 16.2. The molecule has 0 radical (unpaired) electrons. The first-order valence-electron chi connectivity index (χ1n) is 8.73. The van der Waals surface area contributed by atoms with E-state index in [0.29, 0.717) is 26.2 Å². The van der Waals surface area contributed by atoms with Gasteiger partial charge in [-0.05, 0) is 5.56 Å². The minimum atomic E-state index is 0.0498. The Morgan fingerprint density at radius 2 is 1.79 bits per heavy atom. The number of methoxy groups -OCH3 is 1. The highest BCUT2D eigenvalue weighted by molar-refractivity contribution is 5.77. The average molecular weight is 334 g/mol. The summed E-state index contributed by atoms with van der Waals surface area (Å²) in [5.41, 5.74) is 1.37. The van der Waals surface area contributed by atoms with E-state index in [1.54, 1.807) is 7.11 Å². The standard InChI is InChI=1S/C18H30N4O2/c1-24-14-8-19-15-18(23)20-7-9-21-10-12-22(13-11-21)16-17-5-3-2-4-6-17/h2-6,19H,7-16H2,1H3,(H,20,23). The lowest BCUT2D eigenvalue weighted by Gasteiger charge is -2.34. The Morgan fingerprint density at radius 1 is 1.08 bits per heavy atom.